The summed E-state index contributed by atoms with van der Waals surface area (Å²) in [7, 11) is -3.52. The molecule has 0 N–H and O–H groups in total. The van der Waals surface area contributed by atoms with Gasteiger partial charge in [0.25, 0.3) is 5.91 Å². The van der Waals surface area contributed by atoms with Gasteiger partial charge in [-0.2, -0.15) is 0 Å². The first-order chi connectivity index (χ1) is 4.68. The number of rotatable bonds is 2. The van der Waals surface area contributed by atoms with Crippen molar-refractivity contribution in [3.8, 4) is 0 Å². The van der Waals surface area contributed by atoms with Crippen molar-refractivity contribution in [1.29, 1.82) is 0 Å². The van der Waals surface area contributed by atoms with Crippen molar-refractivity contribution < 1.29 is 28.6 Å². The van der Waals surface area contributed by atoms with Crippen molar-refractivity contribution >= 4 is 16.9 Å². The number of hydrogen-bond acceptors (Lipinski definition) is 4. The second-order valence-electron chi connectivity index (χ2n) is 1.26. The average Bonchev–Trinajstić information content (AvgIpc) is 2.13. The summed E-state index contributed by atoms with van der Waals surface area (Å²) in [6.07, 6.45) is 1.16. The van der Waals surface area contributed by atoms with Crippen LogP contribution in [0.25, 0.3) is 0 Å². The molecular formula is C3H2ClNO4S. The van der Waals surface area contributed by atoms with E-state index in [4.69, 9.17) is 0 Å². The molecule has 5 nitrogen and oxygen atoms in total. The van der Waals surface area contributed by atoms with Gasteiger partial charge in [-0.15, -0.1) is 4.36 Å². The third-order valence-corrected chi connectivity index (χ3v) is 2.28. The van der Waals surface area contributed by atoms with Gasteiger partial charge in [0.1, 0.15) is 3.74 Å². The van der Waals surface area contributed by atoms with Crippen LogP contribution in [-0.4, -0.2) is 5.91 Å². The minimum absolute atomic E-state index is 0.470. The second-order valence-corrected chi connectivity index (χ2v) is 3.15. The number of hydrogen-bond donors (Lipinski definition) is 0. The second kappa shape index (κ2) is 3.22. The lowest BCUT2D eigenvalue weighted by atomic mass is 10.6. The molecular weight excluding hydrogens is 182 g/mol. The molecule has 0 bridgehead atoms. The number of amides is 1. The Bertz CT molecular complexity index is 213. The summed E-state index contributed by atoms with van der Waals surface area (Å²) in [6, 6.07) is 0. The van der Waals surface area contributed by atoms with E-state index >= 15 is 0 Å². The van der Waals surface area contributed by atoms with Crippen LogP contribution in [0.5, 0.6) is 0 Å². The zero-order valence-corrected chi connectivity index (χ0v) is 6.09. The fourth-order valence-corrected chi connectivity index (χ4v) is 1.59. The molecule has 1 rings (SSSR count). The van der Waals surface area contributed by atoms with Crippen molar-refractivity contribution in [2.45, 2.75) is 0 Å². The summed E-state index contributed by atoms with van der Waals surface area (Å²) in [4.78, 5) is 10.3. The first-order valence-electron chi connectivity index (χ1n) is 2.10. The predicted molar refractivity (Wildman–Crippen MR) is 25.0 cm³/mol. The summed E-state index contributed by atoms with van der Waals surface area (Å²) in [5.41, 5.74) is 0. The third kappa shape index (κ3) is 2.16. The molecule has 0 saturated carbocycles. The van der Waals surface area contributed by atoms with Crippen LogP contribution in [0.15, 0.2) is 15.8 Å². The molecule has 0 spiro atoms. The molecule has 0 aromatic heterocycles. The van der Waals surface area contributed by atoms with E-state index in [9.17, 15) is 14.1 Å². The average molecular weight is 184 g/mol. The standard InChI is InChI=1S/C3H2ClNO4S/c6-3-1-2-10(5-3)9-4(7)8/h1-2H. The van der Waals surface area contributed by atoms with Crippen LogP contribution in [0.4, 0.5) is 0 Å². The Hall–Kier alpha value is -0.270. The highest BCUT2D eigenvalue weighted by atomic mass is 35.6. The Morgan fingerprint density at radius 1 is 1.70 bits per heavy atom. The Kier molecular flexibility index (Phi) is 2.52. The smallest absolute Gasteiger partial charge is 0.304 e. The maximum atomic E-state index is 10.3. The quantitative estimate of drug-likeness (QED) is 0.489. The van der Waals surface area contributed by atoms with Gasteiger partial charge in [0.15, 0.2) is 11.0 Å². The topological polar surface area (TPSA) is 84.8 Å². The Balaban J connectivity index is 2.52. The number of halogens is 1. The van der Waals surface area contributed by atoms with Gasteiger partial charge in [0, 0.05) is 11.5 Å². The van der Waals surface area contributed by atoms with Gasteiger partial charge in [0.2, 0.25) is 0 Å². The number of nitrogens with zero attached hydrogens (tertiary/aromatic N) is 1. The van der Waals surface area contributed by atoms with Gasteiger partial charge >= 0.3 is 10.8 Å². The van der Waals surface area contributed by atoms with Crippen LogP contribution in [0.2, 0.25) is 0 Å². The lowest BCUT2D eigenvalue weighted by Gasteiger charge is -1.88. The monoisotopic (exact) mass is 183 g/mol. The predicted octanol–water partition coefficient (Wildman–Crippen LogP) is -2.14. The van der Waals surface area contributed by atoms with Crippen LogP contribution < -0.4 is 9.32 Å². The van der Waals surface area contributed by atoms with Crippen LogP contribution in [0.3, 0.4) is 0 Å². The maximum Gasteiger partial charge on any atom is 0.304 e. The van der Waals surface area contributed by atoms with Crippen molar-refractivity contribution in [3.63, 3.8) is 0 Å². The third-order valence-electron chi connectivity index (χ3n) is 0.623. The van der Waals surface area contributed by atoms with Crippen LogP contribution in [0, 0.1) is 10.8 Å². The van der Waals surface area contributed by atoms with Crippen LogP contribution in [0.1, 0.15) is 0 Å². The van der Waals surface area contributed by atoms with E-state index in [0.717, 1.165) is 6.08 Å². The van der Waals surface area contributed by atoms with Crippen molar-refractivity contribution in [2.24, 2.45) is 4.36 Å². The zero-order chi connectivity index (χ0) is 7.56. The summed E-state index contributed by atoms with van der Waals surface area (Å²) in [5.74, 6) is -0.470. The Morgan fingerprint density at radius 3 is 2.80 bits per heavy atom. The molecule has 1 unspecified atom stereocenters. The zero-order valence-electron chi connectivity index (χ0n) is 4.52. The van der Waals surface area contributed by atoms with Crippen molar-refractivity contribution in [2.75, 3.05) is 0 Å². The molecule has 1 atom stereocenters. The Labute approximate surface area is 62.0 Å². The van der Waals surface area contributed by atoms with Gasteiger partial charge in [-0.05, 0) is 0 Å². The van der Waals surface area contributed by atoms with Gasteiger partial charge < -0.3 is 9.32 Å². The van der Waals surface area contributed by atoms with E-state index < -0.39 is 27.7 Å². The molecule has 0 aromatic rings. The summed E-state index contributed by atoms with van der Waals surface area (Å²) >= 11 is 0. The molecule has 0 saturated heterocycles. The number of carbonyl (C=O) groups is 1. The molecule has 7 heteroatoms. The summed E-state index contributed by atoms with van der Waals surface area (Å²) in [6.45, 7) is 0. The molecule has 1 amide bonds. The highest BCUT2D eigenvalue weighted by Gasteiger charge is 2.16. The van der Waals surface area contributed by atoms with E-state index in [1.165, 1.54) is 5.41 Å². The largest absolute Gasteiger partial charge is 0.319 e. The molecule has 0 aliphatic carbocycles. The Morgan fingerprint density at radius 2 is 2.40 bits per heavy atom. The minimum atomic E-state index is -2.30. The van der Waals surface area contributed by atoms with Crippen molar-refractivity contribution in [3.05, 3.63) is 11.5 Å². The molecule has 0 aromatic carbocycles. The lowest BCUT2D eigenvalue weighted by Crippen LogP contribution is -2.34. The highest BCUT2D eigenvalue weighted by Crippen LogP contribution is 2.03. The van der Waals surface area contributed by atoms with Gasteiger partial charge in [-0.25, -0.2) is 0 Å². The van der Waals surface area contributed by atoms with Gasteiger partial charge in [-0.3, -0.25) is 4.79 Å². The maximum absolute atomic E-state index is 10.3. The first-order valence-corrected chi connectivity index (χ1v) is 4.19. The molecule has 0 radical (unpaired) electrons. The fourth-order valence-electron chi connectivity index (χ4n) is 0.354. The van der Waals surface area contributed by atoms with Crippen LogP contribution in [-0.2, 0) is 19.5 Å². The molecule has 56 valence electrons. The normalized spacial score (nSPS) is 23.9. The lowest BCUT2D eigenvalue weighted by molar-refractivity contribution is -1.62. The van der Waals surface area contributed by atoms with E-state index in [1.54, 1.807) is 0 Å². The van der Waals surface area contributed by atoms with E-state index in [1.807, 2.05) is 0 Å². The summed E-state index contributed by atoms with van der Waals surface area (Å²) in [5, 5.41) is 1.28. The molecule has 10 heavy (non-hydrogen) atoms. The molecule has 0 fully saturated rings. The molecule has 1 heterocycles. The fraction of sp³-hybridized carbons (Fsp3) is 0. The minimum Gasteiger partial charge on any atom is -0.319 e. The first kappa shape index (κ1) is 7.83. The van der Waals surface area contributed by atoms with E-state index in [2.05, 4.69) is 8.10 Å². The van der Waals surface area contributed by atoms with E-state index in [0.29, 0.717) is 0 Å². The summed E-state index contributed by atoms with van der Waals surface area (Å²) < 4.78 is 27.0. The van der Waals surface area contributed by atoms with Gasteiger partial charge in [-0.1, -0.05) is 0 Å². The highest BCUT2D eigenvalue weighted by molar-refractivity contribution is 7.86. The SMILES string of the molecule is O=C1C=CS(O[Cl+2]([O-])[O-])=N1. The van der Waals surface area contributed by atoms with Gasteiger partial charge in [0.05, 0.1) is 0 Å². The van der Waals surface area contributed by atoms with Crippen molar-refractivity contribution in [1.82, 2.24) is 0 Å². The van der Waals surface area contributed by atoms with Crippen LogP contribution >= 0.6 is 0 Å². The number of carbonyl (C=O) groups excluding carboxylic acids is 1. The molecule has 1 aliphatic rings. The molecule has 1 aliphatic heterocycles. The van der Waals surface area contributed by atoms with E-state index in [-0.39, 0.29) is 0 Å².